The van der Waals surface area contributed by atoms with Crippen LogP contribution in [0.25, 0.3) is 0 Å². The first-order valence-electron chi connectivity index (χ1n) is 5.99. The Morgan fingerprint density at radius 1 is 1.50 bits per heavy atom. The maximum atomic E-state index is 11.9. The second-order valence-electron chi connectivity index (χ2n) is 4.29. The van der Waals surface area contributed by atoms with Crippen LogP contribution >= 0.6 is 11.6 Å². The molecule has 0 fully saturated rings. The number of methoxy groups -OCH3 is 1. The molecule has 2 N–H and O–H groups in total. The molecule has 0 aliphatic rings. The number of nitriles is 1. The van der Waals surface area contributed by atoms with Gasteiger partial charge in [-0.15, -0.1) is 0 Å². The third kappa shape index (κ3) is 4.48. The van der Waals surface area contributed by atoms with E-state index in [1.54, 1.807) is 18.2 Å². The van der Waals surface area contributed by atoms with E-state index < -0.39 is 5.91 Å². The van der Waals surface area contributed by atoms with Crippen LogP contribution in [0.4, 0.5) is 5.69 Å². The van der Waals surface area contributed by atoms with Gasteiger partial charge in [0.05, 0.1) is 12.1 Å². The van der Waals surface area contributed by atoms with Crippen LogP contribution in [0.1, 0.15) is 13.8 Å². The summed E-state index contributed by atoms with van der Waals surface area (Å²) in [6.07, 6.45) is 1.39. The van der Waals surface area contributed by atoms with Gasteiger partial charge in [-0.25, -0.2) is 0 Å². The SMILES string of the molecule is COc1ccc(NC(=O)/C(C#N)=C\NC(C)C)cc1Cl. The van der Waals surface area contributed by atoms with Gasteiger partial charge in [-0.3, -0.25) is 4.79 Å². The molecule has 20 heavy (non-hydrogen) atoms. The summed E-state index contributed by atoms with van der Waals surface area (Å²) in [4.78, 5) is 11.9. The van der Waals surface area contributed by atoms with Crippen molar-refractivity contribution in [2.45, 2.75) is 19.9 Å². The fourth-order valence-corrected chi connectivity index (χ4v) is 1.60. The van der Waals surface area contributed by atoms with E-state index in [1.807, 2.05) is 19.9 Å². The Balaban J connectivity index is 2.82. The van der Waals surface area contributed by atoms with Crippen LogP contribution in [0.5, 0.6) is 5.75 Å². The lowest BCUT2D eigenvalue weighted by molar-refractivity contribution is -0.112. The minimum absolute atomic E-state index is 0.00867. The number of anilines is 1. The smallest absolute Gasteiger partial charge is 0.267 e. The zero-order valence-electron chi connectivity index (χ0n) is 11.5. The van der Waals surface area contributed by atoms with Crippen LogP contribution < -0.4 is 15.4 Å². The minimum atomic E-state index is -0.498. The van der Waals surface area contributed by atoms with Crippen LogP contribution in [0, 0.1) is 11.3 Å². The van der Waals surface area contributed by atoms with Gasteiger partial charge in [0.25, 0.3) is 5.91 Å². The molecule has 0 heterocycles. The molecule has 0 aromatic heterocycles. The highest BCUT2D eigenvalue weighted by Gasteiger charge is 2.10. The molecular weight excluding hydrogens is 278 g/mol. The van der Waals surface area contributed by atoms with Gasteiger partial charge in [0.1, 0.15) is 17.4 Å². The molecule has 0 atom stereocenters. The van der Waals surface area contributed by atoms with Crippen LogP contribution in [-0.2, 0) is 4.79 Å². The van der Waals surface area contributed by atoms with Crippen molar-refractivity contribution in [2.24, 2.45) is 0 Å². The maximum absolute atomic E-state index is 11.9. The normalized spacial score (nSPS) is 10.9. The number of amides is 1. The molecule has 6 heteroatoms. The quantitative estimate of drug-likeness (QED) is 0.646. The molecule has 1 amide bonds. The molecule has 1 aromatic rings. The van der Waals surface area contributed by atoms with Gasteiger partial charge in [0.2, 0.25) is 0 Å². The van der Waals surface area contributed by atoms with E-state index in [0.29, 0.717) is 16.5 Å². The van der Waals surface area contributed by atoms with Crippen molar-refractivity contribution in [1.29, 1.82) is 5.26 Å². The molecule has 0 bridgehead atoms. The third-order valence-electron chi connectivity index (χ3n) is 2.34. The average Bonchev–Trinajstić information content (AvgIpc) is 2.39. The molecule has 0 aliphatic heterocycles. The highest BCUT2D eigenvalue weighted by Crippen LogP contribution is 2.27. The molecule has 0 spiro atoms. The van der Waals surface area contributed by atoms with Gasteiger partial charge in [-0.05, 0) is 32.0 Å². The predicted octanol–water partition coefficient (Wildman–Crippen LogP) is 2.69. The number of rotatable bonds is 5. The first-order chi connectivity index (χ1) is 9.47. The molecule has 1 rings (SSSR count). The second kappa shape index (κ2) is 7.41. The lowest BCUT2D eigenvalue weighted by Gasteiger charge is -2.08. The fourth-order valence-electron chi connectivity index (χ4n) is 1.34. The van der Waals surface area contributed by atoms with Crippen LogP contribution in [0.15, 0.2) is 30.0 Å². The van der Waals surface area contributed by atoms with Crippen molar-refractivity contribution >= 4 is 23.2 Å². The first kappa shape index (κ1) is 15.9. The van der Waals surface area contributed by atoms with E-state index in [2.05, 4.69) is 10.6 Å². The summed E-state index contributed by atoms with van der Waals surface area (Å²) in [5.74, 6) is 0.0177. The number of hydrogen-bond acceptors (Lipinski definition) is 4. The van der Waals surface area contributed by atoms with Gasteiger partial charge in [0, 0.05) is 17.9 Å². The molecule has 5 nitrogen and oxygen atoms in total. The monoisotopic (exact) mass is 293 g/mol. The summed E-state index contributed by atoms with van der Waals surface area (Å²) < 4.78 is 5.02. The number of ether oxygens (including phenoxy) is 1. The highest BCUT2D eigenvalue weighted by molar-refractivity contribution is 6.32. The van der Waals surface area contributed by atoms with E-state index in [-0.39, 0.29) is 11.6 Å². The van der Waals surface area contributed by atoms with Gasteiger partial charge >= 0.3 is 0 Å². The maximum Gasteiger partial charge on any atom is 0.267 e. The minimum Gasteiger partial charge on any atom is -0.495 e. The Morgan fingerprint density at radius 3 is 2.70 bits per heavy atom. The Hall–Kier alpha value is -2.19. The summed E-state index contributed by atoms with van der Waals surface area (Å²) >= 11 is 5.96. The first-order valence-corrected chi connectivity index (χ1v) is 6.37. The molecule has 0 saturated carbocycles. The van der Waals surface area contributed by atoms with Crippen molar-refractivity contribution in [3.63, 3.8) is 0 Å². The lowest BCUT2D eigenvalue weighted by Crippen LogP contribution is -2.20. The molecule has 1 aromatic carbocycles. The van der Waals surface area contributed by atoms with E-state index in [4.69, 9.17) is 21.6 Å². The number of nitrogens with zero attached hydrogens (tertiary/aromatic N) is 1. The Bertz CT molecular complexity index is 562. The summed E-state index contributed by atoms with van der Waals surface area (Å²) in [5, 5.41) is 14.8. The van der Waals surface area contributed by atoms with Crippen LogP contribution in [0.2, 0.25) is 5.02 Å². The molecular formula is C14H16ClN3O2. The number of carbonyl (C=O) groups is 1. The van der Waals surface area contributed by atoms with E-state index in [0.717, 1.165) is 0 Å². The molecule has 0 aliphatic carbocycles. The second-order valence-corrected chi connectivity index (χ2v) is 4.70. The predicted molar refractivity (Wildman–Crippen MR) is 78.6 cm³/mol. The zero-order valence-corrected chi connectivity index (χ0v) is 12.3. The van der Waals surface area contributed by atoms with Crippen LogP contribution in [0.3, 0.4) is 0 Å². The number of halogens is 1. The van der Waals surface area contributed by atoms with Gasteiger partial charge in [0.15, 0.2) is 0 Å². The molecule has 106 valence electrons. The standard InChI is InChI=1S/C14H16ClN3O2/c1-9(2)17-8-10(7-16)14(19)18-11-4-5-13(20-3)12(15)6-11/h4-6,8-9,17H,1-3H3,(H,18,19)/b10-8-. The van der Waals surface area contributed by atoms with Crippen molar-refractivity contribution in [3.8, 4) is 11.8 Å². The third-order valence-corrected chi connectivity index (χ3v) is 2.63. The molecule has 0 saturated heterocycles. The summed E-state index contributed by atoms with van der Waals surface area (Å²) in [6.45, 7) is 3.82. The Kier molecular flexibility index (Phi) is 5.88. The van der Waals surface area contributed by atoms with E-state index >= 15 is 0 Å². The number of hydrogen-bond donors (Lipinski definition) is 2. The topological polar surface area (TPSA) is 74.1 Å². The highest BCUT2D eigenvalue weighted by atomic mass is 35.5. The number of benzene rings is 1. The van der Waals surface area contributed by atoms with Gasteiger partial charge in [-0.1, -0.05) is 11.6 Å². The van der Waals surface area contributed by atoms with E-state index in [1.165, 1.54) is 13.3 Å². The number of carbonyl (C=O) groups excluding carboxylic acids is 1. The summed E-state index contributed by atoms with van der Waals surface area (Å²) in [5.41, 5.74) is 0.483. The molecule has 0 unspecified atom stereocenters. The van der Waals surface area contributed by atoms with E-state index in [9.17, 15) is 4.79 Å². The summed E-state index contributed by atoms with van der Waals surface area (Å²) in [7, 11) is 1.51. The van der Waals surface area contributed by atoms with Gasteiger partial charge in [-0.2, -0.15) is 5.26 Å². The van der Waals surface area contributed by atoms with Gasteiger partial charge < -0.3 is 15.4 Å². The largest absolute Gasteiger partial charge is 0.495 e. The van der Waals surface area contributed by atoms with Crippen molar-refractivity contribution in [1.82, 2.24) is 5.32 Å². The van der Waals surface area contributed by atoms with Crippen molar-refractivity contribution in [3.05, 3.63) is 35.0 Å². The fraction of sp³-hybridized carbons (Fsp3) is 0.286. The van der Waals surface area contributed by atoms with Crippen molar-refractivity contribution in [2.75, 3.05) is 12.4 Å². The zero-order chi connectivity index (χ0) is 15.1. The molecule has 0 radical (unpaired) electrons. The summed E-state index contributed by atoms with van der Waals surface area (Å²) in [6, 6.07) is 6.83. The lowest BCUT2D eigenvalue weighted by atomic mass is 10.2. The van der Waals surface area contributed by atoms with Crippen LogP contribution in [-0.4, -0.2) is 19.1 Å². The number of nitrogens with one attached hydrogen (secondary N) is 2. The Labute approximate surface area is 123 Å². The average molecular weight is 294 g/mol. The Morgan fingerprint density at radius 2 is 2.20 bits per heavy atom. The van der Waals surface area contributed by atoms with Crippen molar-refractivity contribution < 1.29 is 9.53 Å².